The second-order valence-electron chi connectivity index (χ2n) is 6.16. The molecule has 0 unspecified atom stereocenters. The van der Waals surface area contributed by atoms with Crippen LogP contribution in [-0.4, -0.2) is 75.7 Å². The third kappa shape index (κ3) is 3.66. The highest BCUT2D eigenvalue weighted by atomic mass is 35.5. The average molecular weight is 407 g/mol. The van der Waals surface area contributed by atoms with E-state index in [2.05, 4.69) is 0 Å². The van der Waals surface area contributed by atoms with Crippen molar-refractivity contribution in [2.24, 2.45) is 0 Å². The third-order valence-corrected chi connectivity index (χ3v) is 6.71. The fraction of sp³-hybridized carbons (Fsp3) is 0.562. The van der Waals surface area contributed by atoms with Crippen molar-refractivity contribution in [3.05, 3.63) is 23.2 Å². The van der Waals surface area contributed by atoms with E-state index in [0.29, 0.717) is 32.1 Å². The summed E-state index contributed by atoms with van der Waals surface area (Å²) in [7, 11) is -2.66. The molecule has 0 bridgehead atoms. The van der Waals surface area contributed by atoms with Crippen LogP contribution < -0.4 is 4.74 Å². The molecule has 2 aliphatic rings. The third-order valence-electron chi connectivity index (χ3n) is 4.54. The number of hydrogen-bond acceptors (Lipinski definition) is 5. The van der Waals surface area contributed by atoms with Gasteiger partial charge in [-0.1, -0.05) is 11.6 Å². The van der Waals surface area contributed by atoms with Crippen molar-refractivity contribution in [3.63, 3.8) is 0 Å². The summed E-state index contributed by atoms with van der Waals surface area (Å²) in [6.07, 6.45) is -1.55. The maximum Gasteiger partial charge on any atom is 0.243 e. The molecule has 0 aliphatic carbocycles. The van der Waals surface area contributed by atoms with E-state index in [1.165, 1.54) is 30.2 Å². The van der Waals surface area contributed by atoms with Gasteiger partial charge in [0.1, 0.15) is 18.0 Å². The van der Waals surface area contributed by atoms with E-state index in [9.17, 15) is 17.6 Å². The molecule has 0 saturated carbocycles. The van der Waals surface area contributed by atoms with Gasteiger partial charge in [0.25, 0.3) is 0 Å². The van der Waals surface area contributed by atoms with Crippen molar-refractivity contribution in [1.82, 2.24) is 9.21 Å². The van der Waals surface area contributed by atoms with Crippen molar-refractivity contribution in [3.8, 4) is 5.75 Å². The molecule has 1 amide bonds. The topological polar surface area (TPSA) is 76.2 Å². The number of halogens is 2. The van der Waals surface area contributed by atoms with Crippen LogP contribution in [0.5, 0.6) is 5.75 Å². The number of rotatable bonds is 4. The van der Waals surface area contributed by atoms with Crippen LogP contribution in [-0.2, 0) is 19.6 Å². The fourth-order valence-electron chi connectivity index (χ4n) is 3.18. The molecule has 0 N–H and O–H groups in total. The summed E-state index contributed by atoms with van der Waals surface area (Å²) in [5.41, 5.74) is 0. The smallest absolute Gasteiger partial charge is 0.243 e. The van der Waals surface area contributed by atoms with Crippen LogP contribution in [0.15, 0.2) is 23.1 Å². The lowest BCUT2D eigenvalue weighted by molar-refractivity contribution is -0.138. The monoisotopic (exact) mass is 406 g/mol. The molecular weight excluding hydrogens is 387 g/mol. The van der Waals surface area contributed by atoms with Gasteiger partial charge in [0, 0.05) is 26.1 Å². The highest BCUT2D eigenvalue weighted by Gasteiger charge is 2.45. The fourth-order valence-corrected chi connectivity index (χ4v) is 5.15. The van der Waals surface area contributed by atoms with E-state index in [-0.39, 0.29) is 22.9 Å². The maximum atomic E-state index is 14.0. The number of carbonyl (C=O) groups excluding carboxylic acids is 1. The Kier molecular flexibility index (Phi) is 5.71. The molecule has 2 fully saturated rings. The van der Waals surface area contributed by atoms with Crippen LogP contribution >= 0.6 is 11.6 Å². The van der Waals surface area contributed by atoms with Gasteiger partial charge in [0.05, 0.1) is 30.2 Å². The van der Waals surface area contributed by atoms with Crippen molar-refractivity contribution in [2.45, 2.75) is 23.5 Å². The van der Waals surface area contributed by atoms with E-state index in [4.69, 9.17) is 21.1 Å². The van der Waals surface area contributed by atoms with Gasteiger partial charge < -0.3 is 14.4 Å². The highest BCUT2D eigenvalue weighted by molar-refractivity contribution is 7.89. The van der Waals surface area contributed by atoms with Crippen LogP contribution in [0.25, 0.3) is 0 Å². The lowest BCUT2D eigenvalue weighted by Gasteiger charge is -2.32. The summed E-state index contributed by atoms with van der Waals surface area (Å²) in [5.74, 6) is -0.0621. The minimum atomic E-state index is -4.08. The Hall–Kier alpha value is -1.42. The van der Waals surface area contributed by atoms with E-state index >= 15 is 0 Å². The summed E-state index contributed by atoms with van der Waals surface area (Å²) in [5, 5.41) is 0.126. The number of benzene rings is 1. The summed E-state index contributed by atoms with van der Waals surface area (Å²) in [6.45, 7) is 1.16. The molecule has 144 valence electrons. The molecule has 2 heterocycles. The summed E-state index contributed by atoms with van der Waals surface area (Å²) < 4.78 is 51.2. The molecule has 7 nitrogen and oxygen atoms in total. The first-order chi connectivity index (χ1) is 12.3. The van der Waals surface area contributed by atoms with Gasteiger partial charge in [0.15, 0.2) is 0 Å². The summed E-state index contributed by atoms with van der Waals surface area (Å²) in [4.78, 5) is 14.2. The highest BCUT2D eigenvalue weighted by Crippen LogP contribution is 2.32. The molecular formula is C16H20ClFN2O5S. The van der Waals surface area contributed by atoms with Crippen molar-refractivity contribution in [2.75, 3.05) is 40.0 Å². The van der Waals surface area contributed by atoms with Crippen molar-refractivity contribution < 1.29 is 27.1 Å². The van der Waals surface area contributed by atoms with E-state index in [0.717, 1.165) is 4.31 Å². The zero-order chi connectivity index (χ0) is 18.9. The largest absolute Gasteiger partial charge is 0.495 e. The first kappa shape index (κ1) is 19.3. The standard InChI is InChI=1S/C16H20ClFN2O5S/c1-24-15-3-2-12(9-13(15)17)26(22,23)20-10-11(18)8-14(20)16(21)19-4-6-25-7-5-19/h2-3,9,11,14H,4-8,10H2,1H3/t11-,14-/m1/s1. The zero-order valence-electron chi connectivity index (χ0n) is 14.2. The van der Waals surface area contributed by atoms with E-state index in [1.54, 1.807) is 0 Å². The molecule has 2 aliphatic heterocycles. The lowest BCUT2D eigenvalue weighted by atomic mass is 10.2. The number of hydrogen-bond donors (Lipinski definition) is 0. The number of amides is 1. The molecule has 3 rings (SSSR count). The van der Waals surface area contributed by atoms with Crippen molar-refractivity contribution in [1.29, 1.82) is 0 Å². The number of methoxy groups -OCH3 is 1. The Morgan fingerprint density at radius 1 is 1.35 bits per heavy atom. The maximum absolute atomic E-state index is 14.0. The predicted molar refractivity (Wildman–Crippen MR) is 92.6 cm³/mol. The van der Waals surface area contributed by atoms with Crippen LogP contribution in [0.3, 0.4) is 0 Å². The number of sulfonamides is 1. The number of carbonyl (C=O) groups is 1. The first-order valence-electron chi connectivity index (χ1n) is 8.20. The van der Waals surface area contributed by atoms with Crippen molar-refractivity contribution >= 4 is 27.5 Å². The van der Waals surface area contributed by atoms with Gasteiger partial charge in [0.2, 0.25) is 15.9 Å². The van der Waals surface area contributed by atoms with Gasteiger partial charge in [-0.15, -0.1) is 0 Å². The predicted octanol–water partition coefficient (Wildman–Crippen LogP) is 1.31. The SMILES string of the molecule is COc1ccc(S(=O)(=O)N2C[C@H](F)C[C@@H]2C(=O)N2CCOCC2)cc1Cl. The summed E-state index contributed by atoms with van der Waals surface area (Å²) >= 11 is 6.02. The first-order valence-corrected chi connectivity index (χ1v) is 10.0. The molecule has 26 heavy (non-hydrogen) atoms. The molecule has 0 radical (unpaired) electrons. The van der Waals surface area contributed by atoms with Gasteiger partial charge in [-0.25, -0.2) is 12.8 Å². The minimum Gasteiger partial charge on any atom is -0.495 e. The molecule has 1 aromatic rings. The normalized spacial score (nSPS) is 24.7. The van der Waals surface area contributed by atoms with Gasteiger partial charge in [-0.3, -0.25) is 4.79 Å². The Balaban J connectivity index is 1.89. The Labute approximate surface area is 156 Å². The van der Waals surface area contributed by atoms with Crippen LogP contribution in [0, 0.1) is 0 Å². The Morgan fingerprint density at radius 2 is 2.04 bits per heavy atom. The van der Waals surface area contributed by atoms with E-state index < -0.39 is 28.1 Å². The molecule has 10 heteroatoms. The van der Waals surface area contributed by atoms with E-state index in [1.807, 2.05) is 0 Å². The number of morpholine rings is 1. The molecule has 2 atom stereocenters. The molecule has 0 aromatic heterocycles. The zero-order valence-corrected chi connectivity index (χ0v) is 15.8. The molecule has 1 aromatic carbocycles. The van der Waals surface area contributed by atoms with Gasteiger partial charge >= 0.3 is 0 Å². The minimum absolute atomic E-state index is 0.0998. The Morgan fingerprint density at radius 3 is 2.65 bits per heavy atom. The number of nitrogens with zero attached hydrogens (tertiary/aromatic N) is 2. The lowest BCUT2D eigenvalue weighted by Crippen LogP contribution is -2.50. The number of alkyl halides is 1. The average Bonchev–Trinajstić information content (AvgIpc) is 3.04. The molecule has 2 saturated heterocycles. The van der Waals surface area contributed by atoms with Crippen LogP contribution in [0.4, 0.5) is 4.39 Å². The van der Waals surface area contributed by atoms with Gasteiger partial charge in [-0.2, -0.15) is 4.31 Å². The van der Waals surface area contributed by atoms with Crippen LogP contribution in [0.1, 0.15) is 6.42 Å². The van der Waals surface area contributed by atoms with Gasteiger partial charge in [-0.05, 0) is 18.2 Å². The number of ether oxygens (including phenoxy) is 2. The second kappa shape index (κ2) is 7.67. The quantitative estimate of drug-likeness (QED) is 0.753. The van der Waals surface area contributed by atoms with Crippen LogP contribution in [0.2, 0.25) is 5.02 Å². The second-order valence-corrected chi connectivity index (χ2v) is 8.46. The summed E-state index contributed by atoms with van der Waals surface area (Å²) in [6, 6.07) is 2.95. The molecule has 0 spiro atoms. The Bertz CT molecular complexity index is 785.